The molecule has 0 spiro atoms. The molecule has 4 heterocycles. The van der Waals surface area contributed by atoms with Gasteiger partial charge < -0.3 is 5.32 Å². The third-order valence-electron chi connectivity index (χ3n) is 4.68. The van der Waals surface area contributed by atoms with Crippen molar-refractivity contribution in [1.82, 2.24) is 29.4 Å². The quantitative estimate of drug-likeness (QED) is 0.690. The Morgan fingerprint density at radius 2 is 2.00 bits per heavy atom. The van der Waals surface area contributed by atoms with Crippen molar-refractivity contribution < 1.29 is 8.42 Å². The first-order chi connectivity index (χ1) is 13.1. The van der Waals surface area contributed by atoms with Crippen LogP contribution in [0.15, 0.2) is 60.0 Å². The van der Waals surface area contributed by atoms with Crippen LogP contribution in [0.2, 0.25) is 0 Å². The molecule has 1 aliphatic rings. The highest BCUT2D eigenvalue weighted by molar-refractivity contribution is 7.89. The van der Waals surface area contributed by atoms with Crippen LogP contribution >= 0.6 is 12.4 Å². The monoisotopic (exact) mass is 420 g/mol. The van der Waals surface area contributed by atoms with Crippen molar-refractivity contribution in [2.45, 2.75) is 17.9 Å². The van der Waals surface area contributed by atoms with E-state index >= 15 is 0 Å². The van der Waals surface area contributed by atoms with Crippen molar-refractivity contribution in [3.05, 3.63) is 66.4 Å². The summed E-state index contributed by atoms with van der Waals surface area (Å²) in [4.78, 5) is 8.59. The lowest BCUT2D eigenvalue weighted by atomic mass is 10.1. The van der Waals surface area contributed by atoms with Crippen LogP contribution in [0.4, 0.5) is 0 Å². The summed E-state index contributed by atoms with van der Waals surface area (Å²) < 4.78 is 30.0. The van der Waals surface area contributed by atoms with E-state index in [1.165, 1.54) is 10.5 Å². The summed E-state index contributed by atoms with van der Waals surface area (Å²) in [6.45, 7) is 3.27. The van der Waals surface area contributed by atoms with Crippen LogP contribution in [0.25, 0.3) is 5.82 Å². The Hall–Kier alpha value is -2.33. The highest BCUT2D eigenvalue weighted by Gasteiger charge is 2.36. The van der Waals surface area contributed by atoms with Gasteiger partial charge in [0.05, 0.1) is 17.9 Å². The third kappa shape index (κ3) is 3.66. The highest BCUT2D eigenvalue weighted by Crippen LogP contribution is 2.30. The molecule has 1 aliphatic heterocycles. The van der Waals surface area contributed by atoms with Gasteiger partial charge in [-0.15, -0.1) is 12.4 Å². The van der Waals surface area contributed by atoms with Gasteiger partial charge in [0, 0.05) is 38.2 Å². The smallest absolute Gasteiger partial charge is 0.247 e. The second-order valence-corrected chi connectivity index (χ2v) is 8.17. The van der Waals surface area contributed by atoms with Crippen LogP contribution in [0.1, 0.15) is 17.3 Å². The van der Waals surface area contributed by atoms with Crippen LogP contribution in [-0.2, 0) is 10.0 Å². The second kappa shape index (κ2) is 8.36. The van der Waals surface area contributed by atoms with Gasteiger partial charge in [-0.1, -0.05) is 12.1 Å². The van der Waals surface area contributed by atoms with E-state index in [1.807, 2.05) is 18.2 Å². The third-order valence-corrected chi connectivity index (χ3v) is 6.69. The maximum atomic E-state index is 13.4. The summed E-state index contributed by atoms with van der Waals surface area (Å²) in [6, 6.07) is 8.84. The van der Waals surface area contributed by atoms with E-state index in [0.717, 1.165) is 5.56 Å². The molecule has 3 aromatic rings. The van der Waals surface area contributed by atoms with Crippen molar-refractivity contribution in [2.24, 2.45) is 0 Å². The topological polar surface area (TPSA) is 93.0 Å². The molecule has 1 saturated heterocycles. The summed E-state index contributed by atoms with van der Waals surface area (Å²) in [5.74, 6) is 0.584. The molecule has 28 heavy (non-hydrogen) atoms. The summed E-state index contributed by atoms with van der Waals surface area (Å²) in [5.41, 5.74) is 1.40. The average molecular weight is 421 g/mol. The molecular formula is C18H21ClN6O2S. The number of sulfonamides is 1. The molecule has 0 radical (unpaired) electrons. The van der Waals surface area contributed by atoms with Crippen LogP contribution in [0.3, 0.4) is 0 Å². The number of nitrogens with one attached hydrogen (secondary N) is 1. The number of piperazine rings is 1. The van der Waals surface area contributed by atoms with Crippen molar-refractivity contribution >= 4 is 22.4 Å². The maximum absolute atomic E-state index is 13.4. The number of nitrogens with zero attached hydrogens (tertiary/aromatic N) is 5. The predicted molar refractivity (Wildman–Crippen MR) is 107 cm³/mol. The van der Waals surface area contributed by atoms with Crippen LogP contribution < -0.4 is 5.32 Å². The minimum Gasteiger partial charge on any atom is -0.313 e. The van der Waals surface area contributed by atoms with Gasteiger partial charge in [0.25, 0.3) is 0 Å². The zero-order valence-corrected chi connectivity index (χ0v) is 16.9. The van der Waals surface area contributed by atoms with Crippen molar-refractivity contribution in [3.63, 3.8) is 0 Å². The van der Waals surface area contributed by atoms with E-state index in [4.69, 9.17) is 0 Å². The van der Waals surface area contributed by atoms with Gasteiger partial charge in [0.2, 0.25) is 10.0 Å². The Bertz CT molecular complexity index is 1030. The average Bonchev–Trinajstić information content (AvgIpc) is 3.11. The number of halogens is 1. The first-order valence-corrected chi connectivity index (χ1v) is 10.1. The van der Waals surface area contributed by atoms with Gasteiger partial charge in [-0.05, 0) is 30.7 Å². The normalized spacial score (nSPS) is 17.8. The van der Waals surface area contributed by atoms with Gasteiger partial charge in [-0.3, -0.25) is 4.98 Å². The molecule has 4 rings (SSSR count). The second-order valence-electron chi connectivity index (χ2n) is 6.32. The first kappa shape index (κ1) is 20.4. The van der Waals surface area contributed by atoms with E-state index in [2.05, 4.69) is 20.4 Å². The van der Waals surface area contributed by atoms with Crippen LogP contribution in [0.5, 0.6) is 0 Å². The molecule has 0 saturated carbocycles. The summed E-state index contributed by atoms with van der Waals surface area (Å²) >= 11 is 0. The Kier molecular flexibility index (Phi) is 6.09. The molecule has 1 fully saturated rings. The fourth-order valence-electron chi connectivity index (χ4n) is 3.31. The summed E-state index contributed by atoms with van der Waals surface area (Å²) in [7, 11) is -3.72. The molecular weight excluding hydrogens is 400 g/mol. The lowest BCUT2D eigenvalue weighted by Crippen LogP contribution is -2.48. The Morgan fingerprint density at radius 1 is 1.14 bits per heavy atom. The molecule has 0 aromatic carbocycles. The molecule has 1 unspecified atom stereocenters. The minimum absolute atomic E-state index is 0. The number of hydrogen-bond donors (Lipinski definition) is 1. The summed E-state index contributed by atoms with van der Waals surface area (Å²) in [5, 5.41) is 7.53. The Labute approximate surface area is 170 Å². The van der Waals surface area contributed by atoms with Gasteiger partial charge in [0.1, 0.15) is 4.90 Å². The van der Waals surface area contributed by atoms with Crippen LogP contribution in [-0.4, -0.2) is 52.1 Å². The van der Waals surface area contributed by atoms with Gasteiger partial charge >= 0.3 is 0 Å². The van der Waals surface area contributed by atoms with Crippen molar-refractivity contribution in [1.29, 1.82) is 0 Å². The van der Waals surface area contributed by atoms with E-state index < -0.39 is 10.0 Å². The predicted octanol–water partition coefficient (Wildman–Crippen LogP) is 1.73. The fraction of sp³-hybridized carbons (Fsp3) is 0.278. The molecule has 8 nitrogen and oxygen atoms in total. The lowest BCUT2D eigenvalue weighted by molar-refractivity contribution is 0.271. The van der Waals surface area contributed by atoms with E-state index in [0.29, 0.717) is 31.1 Å². The summed E-state index contributed by atoms with van der Waals surface area (Å²) in [6.07, 6.45) is 6.45. The zero-order valence-electron chi connectivity index (χ0n) is 15.3. The first-order valence-electron chi connectivity index (χ1n) is 8.67. The molecule has 10 heteroatoms. The molecule has 1 N–H and O–H groups in total. The number of rotatable bonds is 4. The standard InChI is InChI=1S/C18H20N6O2S.ClH/c1-14-17(13-22-24(14)18-6-2-3-8-21-18)27(25,26)23-10-9-20-12-16(23)15-5-4-7-19-11-15;/h2-8,11,13,16,20H,9-10,12H2,1H3;1H. The number of aromatic nitrogens is 4. The number of hydrogen-bond acceptors (Lipinski definition) is 6. The minimum atomic E-state index is -3.72. The molecule has 3 aromatic heterocycles. The van der Waals surface area contributed by atoms with Gasteiger partial charge in [-0.25, -0.2) is 18.1 Å². The molecule has 1 atom stereocenters. The molecule has 0 amide bonds. The lowest BCUT2D eigenvalue weighted by Gasteiger charge is -2.35. The van der Waals surface area contributed by atoms with Gasteiger partial charge in [-0.2, -0.15) is 9.40 Å². The molecule has 148 valence electrons. The fourth-order valence-corrected chi connectivity index (χ4v) is 5.07. The molecule has 0 aliphatic carbocycles. The Morgan fingerprint density at radius 3 is 2.71 bits per heavy atom. The highest BCUT2D eigenvalue weighted by atomic mass is 35.5. The van der Waals surface area contributed by atoms with E-state index in [-0.39, 0.29) is 23.3 Å². The van der Waals surface area contributed by atoms with Crippen LogP contribution in [0, 0.1) is 6.92 Å². The van der Waals surface area contributed by atoms with Crippen molar-refractivity contribution in [3.8, 4) is 5.82 Å². The Balaban J connectivity index is 0.00000225. The van der Waals surface area contributed by atoms with E-state index in [1.54, 1.807) is 42.3 Å². The largest absolute Gasteiger partial charge is 0.313 e. The van der Waals surface area contributed by atoms with Gasteiger partial charge in [0.15, 0.2) is 5.82 Å². The zero-order chi connectivity index (χ0) is 18.9. The molecule has 0 bridgehead atoms. The SMILES string of the molecule is Cc1c(S(=O)(=O)N2CCNCC2c2cccnc2)cnn1-c1ccccn1.Cl. The van der Waals surface area contributed by atoms with Crippen molar-refractivity contribution in [2.75, 3.05) is 19.6 Å². The maximum Gasteiger partial charge on any atom is 0.247 e. The number of pyridine rings is 2. The van der Waals surface area contributed by atoms with E-state index in [9.17, 15) is 8.42 Å².